The van der Waals surface area contributed by atoms with Gasteiger partial charge in [-0.15, -0.1) is 11.6 Å². The lowest BCUT2D eigenvalue weighted by Gasteiger charge is -2.14. The molecule has 0 heterocycles. The van der Waals surface area contributed by atoms with Gasteiger partial charge in [0.15, 0.2) is 0 Å². The third-order valence-corrected chi connectivity index (χ3v) is 4.12. The van der Waals surface area contributed by atoms with E-state index in [0.717, 1.165) is 6.42 Å². The summed E-state index contributed by atoms with van der Waals surface area (Å²) >= 11 is 5.83. The van der Waals surface area contributed by atoms with Gasteiger partial charge in [-0.3, -0.25) is 4.79 Å². The first-order valence-corrected chi connectivity index (χ1v) is 9.07. The molecule has 0 spiro atoms. The van der Waals surface area contributed by atoms with Gasteiger partial charge in [-0.05, 0) is 6.42 Å². The lowest BCUT2D eigenvalue weighted by atomic mass is 10.0. The molecule has 0 aliphatic heterocycles. The molecule has 0 aliphatic rings. The summed E-state index contributed by atoms with van der Waals surface area (Å²) in [6.07, 6.45) is 15.9. The topological polar surface area (TPSA) is 29.1 Å². The van der Waals surface area contributed by atoms with Gasteiger partial charge in [0, 0.05) is 18.8 Å². The molecule has 1 N–H and O–H groups in total. The summed E-state index contributed by atoms with van der Waals surface area (Å²) in [5, 5.41) is 2.89. The highest BCUT2D eigenvalue weighted by atomic mass is 35.5. The first kappa shape index (κ1) is 19.8. The van der Waals surface area contributed by atoms with Crippen molar-refractivity contribution in [1.82, 2.24) is 5.32 Å². The second-order valence-electron chi connectivity index (χ2n) is 5.88. The SMILES string of the molecule is CCCCCCCCCCCCC[C@@H](CCl)NC(C)=O. The average molecular weight is 304 g/mol. The lowest BCUT2D eigenvalue weighted by molar-refractivity contribution is -0.119. The zero-order valence-electron chi connectivity index (χ0n) is 13.6. The molecule has 0 aromatic heterocycles. The number of alkyl halides is 1. The highest BCUT2D eigenvalue weighted by Gasteiger charge is 2.07. The Kier molecular flexibility index (Phi) is 15.0. The van der Waals surface area contributed by atoms with Crippen molar-refractivity contribution in [3.05, 3.63) is 0 Å². The molecule has 20 heavy (non-hydrogen) atoms. The van der Waals surface area contributed by atoms with Crippen molar-refractivity contribution in [2.45, 2.75) is 96.9 Å². The van der Waals surface area contributed by atoms with E-state index in [-0.39, 0.29) is 11.9 Å². The van der Waals surface area contributed by atoms with Crippen LogP contribution >= 0.6 is 11.6 Å². The van der Waals surface area contributed by atoms with E-state index in [1.807, 2.05) is 0 Å². The minimum Gasteiger partial charge on any atom is -0.352 e. The van der Waals surface area contributed by atoms with Crippen molar-refractivity contribution in [1.29, 1.82) is 0 Å². The molecule has 1 atom stereocenters. The van der Waals surface area contributed by atoms with Crippen LogP contribution in [-0.4, -0.2) is 17.8 Å². The number of hydrogen-bond acceptors (Lipinski definition) is 1. The number of carbonyl (C=O) groups excluding carboxylic acids is 1. The van der Waals surface area contributed by atoms with Crippen LogP contribution in [0.1, 0.15) is 90.9 Å². The van der Waals surface area contributed by atoms with Gasteiger partial charge in [-0.25, -0.2) is 0 Å². The van der Waals surface area contributed by atoms with Gasteiger partial charge >= 0.3 is 0 Å². The second-order valence-corrected chi connectivity index (χ2v) is 6.18. The molecule has 0 saturated carbocycles. The van der Waals surface area contributed by atoms with E-state index in [0.29, 0.717) is 5.88 Å². The minimum absolute atomic E-state index is 0.0266. The van der Waals surface area contributed by atoms with Crippen LogP contribution in [0.5, 0.6) is 0 Å². The van der Waals surface area contributed by atoms with Crippen LogP contribution in [0, 0.1) is 0 Å². The van der Waals surface area contributed by atoms with Gasteiger partial charge in [0.25, 0.3) is 0 Å². The second kappa shape index (κ2) is 15.2. The highest BCUT2D eigenvalue weighted by molar-refractivity contribution is 6.18. The van der Waals surface area contributed by atoms with E-state index >= 15 is 0 Å². The summed E-state index contributed by atoms with van der Waals surface area (Å²) in [5.41, 5.74) is 0. The molecule has 0 rings (SSSR count). The van der Waals surface area contributed by atoms with Gasteiger partial charge in [-0.2, -0.15) is 0 Å². The van der Waals surface area contributed by atoms with E-state index in [1.54, 1.807) is 6.92 Å². The number of rotatable bonds is 14. The summed E-state index contributed by atoms with van der Waals surface area (Å²) in [4.78, 5) is 10.9. The lowest BCUT2D eigenvalue weighted by Crippen LogP contribution is -2.34. The van der Waals surface area contributed by atoms with Gasteiger partial charge in [-0.1, -0.05) is 77.6 Å². The van der Waals surface area contributed by atoms with Crippen LogP contribution in [0.2, 0.25) is 0 Å². The molecule has 120 valence electrons. The van der Waals surface area contributed by atoms with Crippen molar-refractivity contribution in [3.8, 4) is 0 Å². The summed E-state index contributed by atoms with van der Waals surface area (Å²) in [7, 11) is 0. The Morgan fingerprint density at radius 3 is 1.75 bits per heavy atom. The maximum absolute atomic E-state index is 10.9. The van der Waals surface area contributed by atoms with Crippen LogP contribution < -0.4 is 5.32 Å². The number of unbranched alkanes of at least 4 members (excludes halogenated alkanes) is 10. The monoisotopic (exact) mass is 303 g/mol. The summed E-state index contributed by atoms with van der Waals surface area (Å²) in [6, 6.07) is 0.160. The molecular weight excluding hydrogens is 270 g/mol. The summed E-state index contributed by atoms with van der Waals surface area (Å²) in [5.74, 6) is 0.552. The van der Waals surface area contributed by atoms with Crippen molar-refractivity contribution < 1.29 is 4.79 Å². The summed E-state index contributed by atoms with van der Waals surface area (Å²) < 4.78 is 0. The number of hydrogen-bond donors (Lipinski definition) is 1. The average Bonchev–Trinajstić information content (AvgIpc) is 2.43. The van der Waals surface area contributed by atoms with Crippen LogP contribution in [0.4, 0.5) is 0 Å². The van der Waals surface area contributed by atoms with E-state index in [4.69, 9.17) is 11.6 Å². The minimum atomic E-state index is 0.0266. The Bertz CT molecular complexity index is 221. The predicted molar refractivity (Wildman–Crippen MR) is 89.4 cm³/mol. The molecule has 0 aliphatic carbocycles. The molecule has 0 radical (unpaired) electrons. The molecule has 1 amide bonds. The first-order valence-electron chi connectivity index (χ1n) is 8.53. The fraction of sp³-hybridized carbons (Fsp3) is 0.941. The molecular formula is C17H34ClNO. The third-order valence-electron chi connectivity index (χ3n) is 3.75. The van der Waals surface area contributed by atoms with Crippen molar-refractivity contribution >= 4 is 17.5 Å². The highest BCUT2D eigenvalue weighted by Crippen LogP contribution is 2.12. The Morgan fingerprint density at radius 1 is 0.900 bits per heavy atom. The van der Waals surface area contributed by atoms with Crippen LogP contribution in [0.15, 0.2) is 0 Å². The van der Waals surface area contributed by atoms with E-state index in [9.17, 15) is 4.79 Å². The Hall–Kier alpha value is -0.240. The van der Waals surface area contributed by atoms with E-state index in [2.05, 4.69) is 12.2 Å². The van der Waals surface area contributed by atoms with Gasteiger partial charge < -0.3 is 5.32 Å². The van der Waals surface area contributed by atoms with E-state index in [1.165, 1.54) is 70.6 Å². The fourth-order valence-corrected chi connectivity index (χ4v) is 2.76. The zero-order valence-corrected chi connectivity index (χ0v) is 14.3. The number of nitrogens with one attached hydrogen (secondary N) is 1. The van der Waals surface area contributed by atoms with E-state index < -0.39 is 0 Å². The van der Waals surface area contributed by atoms with Gasteiger partial charge in [0.2, 0.25) is 5.91 Å². The first-order chi connectivity index (χ1) is 9.70. The third kappa shape index (κ3) is 14.2. The fourth-order valence-electron chi connectivity index (χ4n) is 2.53. The normalized spacial score (nSPS) is 12.3. The smallest absolute Gasteiger partial charge is 0.217 e. The molecule has 0 fully saturated rings. The largest absolute Gasteiger partial charge is 0.352 e. The standard InChI is InChI=1S/C17H34ClNO/c1-3-4-5-6-7-8-9-10-11-12-13-14-17(15-18)19-16(2)20/h17H,3-15H2,1-2H3,(H,19,20)/t17-/m0/s1. The van der Waals surface area contributed by atoms with Gasteiger partial charge in [0.05, 0.1) is 0 Å². The van der Waals surface area contributed by atoms with Gasteiger partial charge in [0.1, 0.15) is 0 Å². The number of halogens is 1. The Morgan fingerprint density at radius 2 is 1.35 bits per heavy atom. The molecule has 0 bridgehead atoms. The molecule has 0 aromatic carbocycles. The summed E-state index contributed by atoms with van der Waals surface area (Å²) in [6.45, 7) is 3.82. The molecule has 3 heteroatoms. The molecule has 0 unspecified atom stereocenters. The molecule has 0 aromatic rings. The van der Waals surface area contributed by atoms with Crippen molar-refractivity contribution in [3.63, 3.8) is 0 Å². The number of amides is 1. The predicted octanol–water partition coefficient (Wildman–Crippen LogP) is 5.43. The molecule has 2 nitrogen and oxygen atoms in total. The zero-order chi connectivity index (χ0) is 15.1. The molecule has 0 saturated heterocycles. The Balaban J connectivity index is 3.21. The van der Waals surface area contributed by atoms with Crippen LogP contribution in [0.25, 0.3) is 0 Å². The van der Waals surface area contributed by atoms with Crippen LogP contribution in [-0.2, 0) is 4.79 Å². The maximum atomic E-state index is 10.9. The quantitative estimate of drug-likeness (QED) is 0.336. The maximum Gasteiger partial charge on any atom is 0.217 e. The van der Waals surface area contributed by atoms with Crippen LogP contribution in [0.3, 0.4) is 0 Å². The number of carbonyl (C=O) groups is 1. The van der Waals surface area contributed by atoms with Crippen molar-refractivity contribution in [2.24, 2.45) is 0 Å². The van der Waals surface area contributed by atoms with Crippen molar-refractivity contribution in [2.75, 3.05) is 5.88 Å². The Labute approximate surface area is 131 Å².